The molecule has 8 heteroatoms. The van der Waals surface area contributed by atoms with E-state index in [0.717, 1.165) is 33.4 Å². The van der Waals surface area contributed by atoms with Gasteiger partial charge < -0.3 is 19.9 Å². The highest BCUT2D eigenvalue weighted by atomic mass is 28.3. The second-order valence-corrected chi connectivity index (χ2v) is 22.7. The lowest BCUT2D eigenvalue weighted by molar-refractivity contribution is -0.142. The number of carboxylic acids is 1. The van der Waals surface area contributed by atoms with Crippen molar-refractivity contribution in [2.75, 3.05) is 13.2 Å². The lowest BCUT2D eigenvalue weighted by Gasteiger charge is -2.23. The third kappa shape index (κ3) is 9.13. The van der Waals surface area contributed by atoms with Crippen molar-refractivity contribution >= 4 is 28.2 Å². The molecule has 0 aliphatic heterocycles. The van der Waals surface area contributed by atoms with Crippen LogP contribution in [0.5, 0.6) is 0 Å². The second kappa shape index (κ2) is 12.1. The Kier molecular flexibility index (Phi) is 9.41. The van der Waals surface area contributed by atoms with Crippen LogP contribution in [0.3, 0.4) is 0 Å². The summed E-state index contributed by atoms with van der Waals surface area (Å²) in [5.74, 6) is 5.25. The summed E-state index contributed by atoms with van der Waals surface area (Å²) in [6, 6.07) is 11.2. The van der Waals surface area contributed by atoms with E-state index < -0.39 is 39.9 Å². The van der Waals surface area contributed by atoms with Crippen molar-refractivity contribution in [1.82, 2.24) is 5.32 Å². The zero-order valence-electron chi connectivity index (χ0n) is 25.1. The fourth-order valence-electron chi connectivity index (χ4n) is 4.07. The van der Waals surface area contributed by atoms with Gasteiger partial charge in [0, 0.05) is 17.0 Å². The Bertz CT molecular complexity index is 1320. The van der Waals surface area contributed by atoms with E-state index in [9.17, 15) is 14.7 Å². The molecule has 1 aliphatic rings. The maximum Gasteiger partial charge on any atom is 0.407 e. The number of alkyl carbamates (subject to hydrolysis) is 1. The van der Waals surface area contributed by atoms with E-state index in [2.05, 4.69) is 91.8 Å². The smallest absolute Gasteiger partial charge is 0.407 e. The molecular weight excluding hydrogens is 535 g/mol. The fourth-order valence-corrected chi connectivity index (χ4v) is 5.10. The number of hydrogen-bond donors (Lipinski definition) is 2. The summed E-state index contributed by atoms with van der Waals surface area (Å²) in [4.78, 5) is 24.4. The molecule has 0 saturated carbocycles. The molecule has 0 spiro atoms. The van der Waals surface area contributed by atoms with Crippen molar-refractivity contribution in [2.45, 2.75) is 77.6 Å². The van der Waals surface area contributed by atoms with Crippen LogP contribution in [0.25, 0.3) is 11.1 Å². The molecule has 2 aromatic rings. The Morgan fingerprint density at radius 3 is 1.77 bits per heavy atom. The Hall–Kier alpha value is -3.31. The van der Waals surface area contributed by atoms with Gasteiger partial charge in [0.25, 0.3) is 0 Å². The average molecular weight is 576 g/mol. The summed E-state index contributed by atoms with van der Waals surface area (Å²) in [5, 5.41) is 12.0. The maximum atomic E-state index is 12.7. The maximum absolute atomic E-state index is 12.7. The molecule has 2 aromatic carbocycles. The van der Waals surface area contributed by atoms with Gasteiger partial charge in [-0.05, 0) is 67.3 Å². The predicted octanol–water partition coefficient (Wildman–Crippen LogP) is 6.25. The summed E-state index contributed by atoms with van der Waals surface area (Å²) >= 11 is 0. The Balaban J connectivity index is 1.91. The van der Waals surface area contributed by atoms with Gasteiger partial charge in [-0.1, -0.05) is 63.3 Å². The number of carbonyl (C=O) groups is 2. The van der Waals surface area contributed by atoms with Gasteiger partial charge in [-0.3, -0.25) is 0 Å². The topological polar surface area (TPSA) is 84.9 Å². The van der Waals surface area contributed by atoms with E-state index in [1.54, 1.807) is 0 Å². The summed E-state index contributed by atoms with van der Waals surface area (Å²) in [7, 11) is -3.12. The number of carboxylic acid groups (broad SMARTS) is 1. The summed E-state index contributed by atoms with van der Waals surface area (Å²) in [6.07, 6.45) is -0.802. The minimum absolute atomic E-state index is 0.0497. The molecule has 2 N–H and O–H groups in total. The number of hydrogen-bond acceptors (Lipinski definition) is 4. The molecule has 0 bridgehead atoms. The lowest BCUT2D eigenvalue weighted by Crippen LogP contribution is -2.45. The van der Waals surface area contributed by atoms with Crippen LogP contribution >= 0.6 is 0 Å². The van der Waals surface area contributed by atoms with Gasteiger partial charge in [-0.15, -0.1) is 11.1 Å². The summed E-state index contributed by atoms with van der Waals surface area (Å²) in [6.45, 7) is 18.6. The first-order valence-corrected chi connectivity index (χ1v) is 20.6. The minimum atomic E-state index is -1.56. The van der Waals surface area contributed by atoms with Crippen LogP contribution in [0.1, 0.15) is 48.9 Å². The van der Waals surface area contributed by atoms with Gasteiger partial charge in [0.2, 0.25) is 0 Å². The first-order chi connectivity index (χ1) is 18.4. The highest BCUT2D eigenvalue weighted by Crippen LogP contribution is 2.45. The van der Waals surface area contributed by atoms with Crippen molar-refractivity contribution in [2.24, 2.45) is 0 Å². The molecule has 6 nitrogen and oxygen atoms in total. The molecule has 0 radical (unpaired) electrons. The van der Waals surface area contributed by atoms with Crippen LogP contribution in [0.4, 0.5) is 4.79 Å². The van der Waals surface area contributed by atoms with E-state index in [1.807, 2.05) is 32.9 Å². The first-order valence-electron chi connectivity index (χ1n) is 13.6. The monoisotopic (exact) mass is 575 g/mol. The largest absolute Gasteiger partial charge is 0.480 e. The van der Waals surface area contributed by atoms with Crippen LogP contribution in [0.15, 0.2) is 36.4 Å². The van der Waals surface area contributed by atoms with Crippen molar-refractivity contribution in [3.8, 4) is 34.1 Å². The van der Waals surface area contributed by atoms with Crippen LogP contribution in [-0.4, -0.2) is 58.2 Å². The number of fused-ring (bicyclic) bond motifs is 3. The van der Waals surface area contributed by atoms with Crippen LogP contribution < -0.4 is 5.32 Å². The van der Waals surface area contributed by atoms with E-state index in [-0.39, 0.29) is 19.1 Å². The number of benzene rings is 2. The first kappa shape index (κ1) is 31.2. The molecule has 0 aromatic heterocycles. The van der Waals surface area contributed by atoms with E-state index in [1.165, 1.54) is 0 Å². The molecule has 1 aliphatic carbocycles. The number of rotatable bonds is 6. The molecule has 0 heterocycles. The zero-order chi connectivity index (χ0) is 29.9. The third-order valence-corrected chi connectivity index (χ3v) is 7.71. The van der Waals surface area contributed by atoms with Gasteiger partial charge in [0.1, 0.15) is 22.8 Å². The van der Waals surface area contributed by atoms with Gasteiger partial charge in [-0.25, -0.2) is 9.59 Å². The van der Waals surface area contributed by atoms with Crippen LogP contribution in [-0.2, 0) is 14.3 Å². The summed E-state index contributed by atoms with van der Waals surface area (Å²) in [5.41, 5.74) is 12.4. The molecule has 1 amide bonds. The molecule has 0 unspecified atom stereocenters. The van der Waals surface area contributed by atoms with Crippen molar-refractivity contribution in [3.63, 3.8) is 0 Å². The highest BCUT2D eigenvalue weighted by molar-refractivity contribution is 6.84. The van der Waals surface area contributed by atoms with Crippen LogP contribution in [0.2, 0.25) is 39.3 Å². The SMILES string of the molecule is CC(C)(C)OC[C@H](NC(=O)OCC1c2cc(C#C[Si](C)(C)C)ccc2-c2ccc(C#C[Si](C)(C)C)cc21)C(=O)O. The fraction of sp³-hybridized carbons (Fsp3) is 0.438. The molecule has 40 heavy (non-hydrogen) atoms. The van der Waals surface area contributed by atoms with Gasteiger partial charge in [0.15, 0.2) is 6.04 Å². The van der Waals surface area contributed by atoms with Crippen molar-refractivity contribution in [1.29, 1.82) is 0 Å². The van der Waals surface area contributed by atoms with E-state index in [4.69, 9.17) is 9.47 Å². The van der Waals surface area contributed by atoms with E-state index >= 15 is 0 Å². The quantitative estimate of drug-likeness (QED) is 0.314. The number of ether oxygens (including phenoxy) is 2. The predicted molar refractivity (Wildman–Crippen MR) is 166 cm³/mol. The van der Waals surface area contributed by atoms with Gasteiger partial charge in [-0.2, -0.15) is 0 Å². The number of amides is 1. The standard InChI is InChI=1S/C32H41NO5Si2/c1-32(2,3)38-21-29(30(34)35)33-31(36)37-20-28-26-18-22(14-16-39(4,5)6)10-12-24(26)25-13-11-23(19-27(25)28)15-17-40(7,8)9/h10-13,18-19,28-29H,20-21H2,1-9H3,(H,33,36)(H,34,35)/t29-/m0/s1. The Labute approximate surface area is 240 Å². The number of carbonyl (C=O) groups excluding carboxylic acids is 1. The molecule has 212 valence electrons. The molecule has 0 saturated heterocycles. The average Bonchev–Trinajstić information content (AvgIpc) is 3.13. The molecular formula is C32H41NO5Si2. The Morgan fingerprint density at radius 1 is 0.900 bits per heavy atom. The second-order valence-electron chi connectivity index (χ2n) is 13.2. The zero-order valence-corrected chi connectivity index (χ0v) is 27.1. The van der Waals surface area contributed by atoms with Gasteiger partial charge >= 0.3 is 12.1 Å². The Morgan fingerprint density at radius 2 is 1.38 bits per heavy atom. The number of nitrogens with one attached hydrogen (secondary N) is 1. The lowest BCUT2D eigenvalue weighted by atomic mass is 9.96. The van der Waals surface area contributed by atoms with Crippen LogP contribution in [0, 0.1) is 22.9 Å². The third-order valence-electron chi connectivity index (χ3n) is 5.96. The molecule has 3 rings (SSSR count). The normalized spacial score (nSPS) is 13.6. The van der Waals surface area contributed by atoms with Crippen molar-refractivity contribution in [3.05, 3.63) is 58.7 Å². The molecule has 1 atom stereocenters. The molecule has 0 fully saturated rings. The number of aliphatic carboxylic acids is 1. The van der Waals surface area contributed by atoms with Gasteiger partial charge in [0.05, 0.1) is 12.2 Å². The van der Waals surface area contributed by atoms with E-state index in [0.29, 0.717) is 0 Å². The van der Waals surface area contributed by atoms with Crippen molar-refractivity contribution < 1.29 is 24.2 Å². The summed E-state index contributed by atoms with van der Waals surface area (Å²) < 4.78 is 11.2. The highest BCUT2D eigenvalue weighted by Gasteiger charge is 2.31. The minimum Gasteiger partial charge on any atom is -0.480 e.